The number of hydrogen-bond donors (Lipinski definition) is 3. The van der Waals surface area contributed by atoms with Gasteiger partial charge in [-0.05, 0) is 49.9 Å². The van der Waals surface area contributed by atoms with Gasteiger partial charge >= 0.3 is 6.03 Å². The van der Waals surface area contributed by atoms with Crippen LogP contribution in [0.2, 0.25) is 0 Å². The zero-order valence-corrected chi connectivity index (χ0v) is 15.8. The lowest BCUT2D eigenvalue weighted by Crippen LogP contribution is -2.45. The Morgan fingerprint density at radius 1 is 1.15 bits per heavy atom. The molecule has 10 heteroatoms. The van der Waals surface area contributed by atoms with Gasteiger partial charge in [-0.3, -0.25) is 4.79 Å². The topological polar surface area (TPSA) is 122 Å². The third-order valence-corrected chi connectivity index (χ3v) is 6.29. The smallest absolute Gasteiger partial charge is 0.312 e. The molecule has 2 rings (SSSR count). The van der Waals surface area contributed by atoms with Crippen molar-refractivity contribution in [3.8, 4) is 0 Å². The van der Waals surface area contributed by atoms with E-state index in [2.05, 4.69) is 10.6 Å². The fourth-order valence-corrected chi connectivity index (χ4v) is 4.47. The lowest BCUT2D eigenvalue weighted by molar-refractivity contribution is -0.126. The first-order chi connectivity index (χ1) is 12.8. The van der Waals surface area contributed by atoms with Gasteiger partial charge in [0.25, 0.3) is 0 Å². The van der Waals surface area contributed by atoms with E-state index in [0.29, 0.717) is 45.3 Å². The molecule has 27 heavy (non-hydrogen) atoms. The summed E-state index contributed by atoms with van der Waals surface area (Å²) in [6.45, 7) is 1.33. The Hall–Kier alpha value is -2.20. The Kier molecular flexibility index (Phi) is 7.55. The molecule has 8 nitrogen and oxygen atoms in total. The minimum absolute atomic E-state index is 0.0203. The molecule has 1 atom stereocenters. The summed E-state index contributed by atoms with van der Waals surface area (Å²) in [6, 6.07) is 4.09. The van der Waals surface area contributed by atoms with Crippen molar-refractivity contribution in [2.45, 2.75) is 30.6 Å². The van der Waals surface area contributed by atoms with E-state index in [9.17, 15) is 22.4 Å². The lowest BCUT2D eigenvalue weighted by Gasteiger charge is -2.31. The van der Waals surface area contributed by atoms with Gasteiger partial charge in [0.1, 0.15) is 5.82 Å². The van der Waals surface area contributed by atoms with Crippen LogP contribution in [0.3, 0.4) is 0 Å². The highest BCUT2D eigenvalue weighted by molar-refractivity contribution is 7.89. The molecule has 0 bridgehead atoms. The second-order valence-electron chi connectivity index (χ2n) is 6.45. The van der Waals surface area contributed by atoms with Crippen molar-refractivity contribution >= 4 is 22.0 Å². The molecule has 1 aromatic rings. The number of halogens is 1. The standard InChI is InChI=1S/C17H25FN4O4S/c18-14-5-7-15(8-6-14)27(25,26)22-11-3-4-13(12-22)16(23)20-9-1-2-10-21-17(19)24/h5-8,13H,1-4,9-12H2,(H,20,23)(H3,19,21,24). The summed E-state index contributed by atoms with van der Waals surface area (Å²) in [7, 11) is -3.75. The maximum absolute atomic E-state index is 13.0. The highest BCUT2D eigenvalue weighted by Crippen LogP contribution is 2.24. The number of nitrogens with two attached hydrogens (primary N) is 1. The summed E-state index contributed by atoms with van der Waals surface area (Å²) in [4.78, 5) is 22.9. The summed E-state index contributed by atoms with van der Waals surface area (Å²) in [5, 5.41) is 5.27. The number of sulfonamides is 1. The van der Waals surface area contributed by atoms with Gasteiger partial charge in [-0.15, -0.1) is 0 Å². The average molecular weight is 400 g/mol. The number of nitrogens with zero attached hydrogens (tertiary/aromatic N) is 1. The van der Waals surface area contributed by atoms with Crippen LogP contribution in [0.25, 0.3) is 0 Å². The molecule has 1 aliphatic heterocycles. The van der Waals surface area contributed by atoms with Crippen molar-refractivity contribution in [1.82, 2.24) is 14.9 Å². The number of carbonyl (C=O) groups is 2. The van der Waals surface area contributed by atoms with Gasteiger partial charge in [0.15, 0.2) is 0 Å². The number of primary amides is 1. The SMILES string of the molecule is NC(=O)NCCCCNC(=O)C1CCCN(S(=O)(=O)c2ccc(F)cc2)C1. The van der Waals surface area contributed by atoms with Gasteiger partial charge in [-0.25, -0.2) is 17.6 Å². The van der Waals surface area contributed by atoms with Crippen LogP contribution in [0.15, 0.2) is 29.2 Å². The summed E-state index contributed by atoms with van der Waals surface area (Å²) in [6.07, 6.45) is 2.56. The van der Waals surface area contributed by atoms with Crippen LogP contribution in [-0.2, 0) is 14.8 Å². The molecule has 1 aromatic carbocycles. The van der Waals surface area contributed by atoms with E-state index < -0.39 is 27.8 Å². The number of piperidine rings is 1. The van der Waals surface area contributed by atoms with Crippen molar-refractivity contribution in [3.63, 3.8) is 0 Å². The van der Waals surface area contributed by atoms with Gasteiger partial charge < -0.3 is 16.4 Å². The number of unbranched alkanes of at least 4 members (excludes halogenated alkanes) is 1. The molecule has 0 aromatic heterocycles. The Bertz CT molecular complexity index is 755. The van der Waals surface area contributed by atoms with Crippen LogP contribution in [0.4, 0.5) is 9.18 Å². The number of urea groups is 1. The van der Waals surface area contributed by atoms with Crippen molar-refractivity contribution in [2.24, 2.45) is 11.7 Å². The van der Waals surface area contributed by atoms with E-state index in [-0.39, 0.29) is 17.3 Å². The second-order valence-corrected chi connectivity index (χ2v) is 8.38. The molecule has 1 unspecified atom stereocenters. The molecular formula is C17H25FN4O4S. The Labute approximate surface area is 158 Å². The predicted octanol–water partition coefficient (Wildman–Crippen LogP) is 0.791. The second kappa shape index (κ2) is 9.65. The summed E-state index contributed by atoms with van der Waals surface area (Å²) >= 11 is 0. The van der Waals surface area contributed by atoms with Gasteiger partial charge in [0.2, 0.25) is 15.9 Å². The molecule has 0 aliphatic carbocycles. The summed E-state index contributed by atoms with van der Waals surface area (Å²) < 4.78 is 39.7. The molecule has 4 N–H and O–H groups in total. The first-order valence-corrected chi connectivity index (χ1v) is 10.3. The zero-order valence-electron chi connectivity index (χ0n) is 15.0. The Morgan fingerprint density at radius 2 is 1.78 bits per heavy atom. The highest BCUT2D eigenvalue weighted by Gasteiger charge is 2.33. The van der Waals surface area contributed by atoms with E-state index in [1.165, 1.54) is 16.4 Å². The van der Waals surface area contributed by atoms with E-state index in [4.69, 9.17) is 5.73 Å². The average Bonchev–Trinajstić information content (AvgIpc) is 2.64. The first-order valence-electron chi connectivity index (χ1n) is 8.87. The monoisotopic (exact) mass is 400 g/mol. The van der Waals surface area contributed by atoms with Crippen LogP contribution in [0, 0.1) is 11.7 Å². The fourth-order valence-electron chi connectivity index (χ4n) is 2.95. The molecule has 0 radical (unpaired) electrons. The Balaban J connectivity index is 1.85. The largest absolute Gasteiger partial charge is 0.356 e. The van der Waals surface area contributed by atoms with Crippen LogP contribution in [0.1, 0.15) is 25.7 Å². The zero-order chi connectivity index (χ0) is 19.9. The molecule has 0 spiro atoms. The quantitative estimate of drug-likeness (QED) is 0.559. The minimum Gasteiger partial charge on any atom is -0.356 e. The molecule has 1 saturated heterocycles. The lowest BCUT2D eigenvalue weighted by atomic mass is 9.99. The fraction of sp³-hybridized carbons (Fsp3) is 0.529. The molecule has 0 saturated carbocycles. The van der Waals surface area contributed by atoms with Crippen molar-refractivity contribution in [1.29, 1.82) is 0 Å². The van der Waals surface area contributed by atoms with Gasteiger partial charge in [-0.2, -0.15) is 4.31 Å². The molecular weight excluding hydrogens is 375 g/mol. The van der Waals surface area contributed by atoms with Gasteiger partial charge in [-0.1, -0.05) is 0 Å². The van der Waals surface area contributed by atoms with E-state index in [1.807, 2.05) is 0 Å². The van der Waals surface area contributed by atoms with Crippen molar-refractivity contribution in [2.75, 3.05) is 26.2 Å². The van der Waals surface area contributed by atoms with Crippen molar-refractivity contribution in [3.05, 3.63) is 30.1 Å². The first kappa shape index (κ1) is 21.1. The van der Waals surface area contributed by atoms with Crippen molar-refractivity contribution < 1.29 is 22.4 Å². The third kappa shape index (κ3) is 6.17. The third-order valence-electron chi connectivity index (χ3n) is 4.41. The molecule has 150 valence electrons. The van der Waals surface area contributed by atoms with Crippen LogP contribution >= 0.6 is 0 Å². The maximum atomic E-state index is 13.0. The predicted molar refractivity (Wildman–Crippen MR) is 97.7 cm³/mol. The molecule has 1 aliphatic rings. The number of carbonyl (C=O) groups excluding carboxylic acids is 2. The Morgan fingerprint density at radius 3 is 2.41 bits per heavy atom. The molecule has 3 amide bonds. The van der Waals surface area contributed by atoms with Gasteiger partial charge in [0.05, 0.1) is 10.8 Å². The number of hydrogen-bond acceptors (Lipinski definition) is 4. The number of benzene rings is 1. The number of amides is 3. The van der Waals surface area contributed by atoms with Crippen LogP contribution in [-0.4, -0.2) is 50.8 Å². The van der Waals surface area contributed by atoms with E-state index >= 15 is 0 Å². The molecule has 1 fully saturated rings. The van der Waals surface area contributed by atoms with Crippen LogP contribution in [0.5, 0.6) is 0 Å². The van der Waals surface area contributed by atoms with E-state index in [1.54, 1.807) is 0 Å². The maximum Gasteiger partial charge on any atom is 0.312 e. The molecule has 1 heterocycles. The normalized spacial score (nSPS) is 18.0. The number of nitrogens with one attached hydrogen (secondary N) is 2. The summed E-state index contributed by atoms with van der Waals surface area (Å²) in [5.74, 6) is -1.11. The van der Waals surface area contributed by atoms with Gasteiger partial charge in [0, 0.05) is 26.2 Å². The minimum atomic E-state index is -3.75. The number of rotatable bonds is 8. The van der Waals surface area contributed by atoms with E-state index in [0.717, 1.165) is 12.1 Å². The van der Waals surface area contributed by atoms with Crippen LogP contribution < -0.4 is 16.4 Å². The summed E-state index contributed by atoms with van der Waals surface area (Å²) in [5.41, 5.74) is 4.96. The highest BCUT2D eigenvalue weighted by atomic mass is 32.2.